The highest BCUT2D eigenvalue weighted by molar-refractivity contribution is 5.78. The van der Waals surface area contributed by atoms with Crippen LogP contribution in [0.1, 0.15) is 25.7 Å². The summed E-state index contributed by atoms with van der Waals surface area (Å²) in [6, 6.07) is 0.464. The molecular formula is C13H23N3O. The highest BCUT2D eigenvalue weighted by Crippen LogP contribution is 2.25. The zero-order chi connectivity index (χ0) is 11.7. The first-order valence-corrected chi connectivity index (χ1v) is 7.03. The largest absolute Gasteiger partial charge is 0.352 e. The van der Waals surface area contributed by atoms with Gasteiger partial charge in [0.05, 0.1) is 6.54 Å². The van der Waals surface area contributed by atoms with Crippen molar-refractivity contribution in [3.8, 4) is 0 Å². The van der Waals surface area contributed by atoms with Gasteiger partial charge in [0, 0.05) is 19.1 Å². The molecule has 0 aromatic heterocycles. The van der Waals surface area contributed by atoms with E-state index in [0.29, 0.717) is 12.6 Å². The zero-order valence-corrected chi connectivity index (χ0v) is 10.5. The first-order chi connectivity index (χ1) is 8.31. The van der Waals surface area contributed by atoms with E-state index in [1.165, 1.54) is 25.7 Å². The third kappa shape index (κ3) is 2.63. The number of hydrogen-bond donors (Lipinski definition) is 2. The minimum atomic E-state index is 0.241. The lowest BCUT2D eigenvalue weighted by Gasteiger charge is -2.18. The summed E-state index contributed by atoms with van der Waals surface area (Å²) in [7, 11) is 0. The van der Waals surface area contributed by atoms with Gasteiger partial charge in [-0.1, -0.05) is 12.8 Å². The lowest BCUT2D eigenvalue weighted by Crippen LogP contribution is -2.41. The summed E-state index contributed by atoms with van der Waals surface area (Å²) >= 11 is 0. The molecule has 4 heteroatoms. The highest BCUT2D eigenvalue weighted by atomic mass is 16.2. The molecule has 2 atom stereocenters. The van der Waals surface area contributed by atoms with E-state index in [2.05, 4.69) is 15.5 Å². The summed E-state index contributed by atoms with van der Waals surface area (Å²) in [4.78, 5) is 14.2. The van der Waals surface area contributed by atoms with Gasteiger partial charge < -0.3 is 10.6 Å². The van der Waals surface area contributed by atoms with Crippen LogP contribution in [0.15, 0.2) is 0 Å². The zero-order valence-electron chi connectivity index (χ0n) is 10.5. The quantitative estimate of drug-likeness (QED) is 0.737. The SMILES string of the molecule is O=C(CN1CC2CNCC2C1)NC1CCCC1. The second kappa shape index (κ2) is 4.94. The second-order valence-electron chi connectivity index (χ2n) is 5.92. The van der Waals surface area contributed by atoms with E-state index in [-0.39, 0.29) is 5.91 Å². The molecule has 0 radical (unpaired) electrons. The van der Waals surface area contributed by atoms with Crippen molar-refractivity contribution in [2.24, 2.45) is 11.8 Å². The molecule has 2 unspecified atom stereocenters. The van der Waals surface area contributed by atoms with Crippen LogP contribution in [0.4, 0.5) is 0 Å². The van der Waals surface area contributed by atoms with Gasteiger partial charge in [0.2, 0.25) is 5.91 Å². The maximum absolute atomic E-state index is 11.9. The maximum atomic E-state index is 11.9. The molecule has 1 aliphatic carbocycles. The van der Waals surface area contributed by atoms with Gasteiger partial charge in [-0.15, -0.1) is 0 Å². The smallest absolute Gasteiger partial charge is 0.234 e. The molecule has 2 aliphatic heterocycles. The van der Waals surface area contributed by atoms with Gasteiger partial charge in [-0.3, -0.25) is 9.69 Å². The van der Waals surface area contributed by atoms with Crippen LogP contribution in [0.3, 0.4) is 0 Å². The molecule has 4 nitrogen and oxygen atoms in total. The average Bonchev–Trinajstić information content (AvgIpc) is 2.92. The van der Waals surface area contributed by atoms with Gasteiger partial charge in [-0.25, -0.2) is 0 Å². The van der Waals surface area contributed by atoms with Gasteiger partial charge >= 0.3 is 0 Å². The topological polar surface area (TPSA) is 44.4 Å². The molecule has 1 saturated carbocycles. The Morgan fingerprint density at radius 1 is 1.18 bits per heavy atom. The summed E-state index contributed by atoms with van der Waals surface area (Å²) in [5.74, 6) is 1.81. The van der Waals surface area contributed by atoms with Gasteiger partial charge in [0.15, 0.2) is 0 Å². The molecule has 17 heavy (non-hydrogen) atoms. The van der Waals surface area contributed by atoms with Crippen molar-refractivity contribution in [1.82, 2.24) is 15.5 Å². The molecule has 2 heterocycles. The number of nitrogens with one attached hydrogen (secondary N) is 2. The lowest BCUT2D eigenvalue weighted by molar-refractivity contribution is -0.122. The Balaban J connectivity index is 1.42. The van der Waals surface area contributed by atoms with E-state index >= 15 is 0 Å². The molecule has 0 spiro atoms. The van der Waals surface area contributed by atoms with Crippen molar-refractivity contribution in [2.45, 2.75) is 31.7 Å². The fourth-order valence-corrected chi connectivity index (χ4v) is 3.63. The Labute approximate surface area is 103 Å². The highest BCUT2D eigenvalue weighted by Gasteiger charge is 2.36. The van der Waals surface area contributed by atoms with E-state index in [1.807, 2.05) is 0 Å². The number of likely N-dealkylation sites (tertiary alicyclic amines) is 1. The van der Waals surface area contributed by atoms with E-state index in [0.717, 1.165) is 38.0 Å². The van der Waals surface area contributed by atoms with Crippen LogP contribution in [0, 0.1) is 11.8 Å². The molecule has 3 rings (SSSR count). The van der Waals surface area contributed by atoms with Crippen molar-refractivity contribution < 1.29 is 4.79 Å². The van der Waals surface area contributed by atoms with Crippen molar-refractivity contribution in [1.29, 1.82) is 0 Å². The summed E-state index contributed by atoms with van der Waals surface area (Å²) < 4.78 is 0. The van der Waals surface area contributed by atoms with Gasteiger partial charge in [0.25, 0.3) is 0 Å². The van der Waals surface area contributed by atoms with E-state index in [9.17, 15) is 4.79 Å². The summed E-state index contributed by atoms with van der Waals surface area (Å²) in [5, 5.41) is 6.60. The fourth-order valence-electron chi connectivity index (χ4n) is 3.63. The molecule has 2 saturated heterocycles. The first-order valence-electron chi connectivity index (χ1n) is 7.03. The predicted octanol–water partition coefficient (Wildman–Crippen LogP) is 0.196. The molecule has 3 aliphatic rings. The Bertz CT molecular complexity index is 276. The standard InChI is InChI=1S/C13H23N3O/c17-13(15-12-3-1-2-4-12)9-16-7-10-5-14-6-11(10)8-16/h10-12,14H,1-9H2,(H,15,17). The summed E-state index contributed by atoms with van der Waals surface area (Å²) in [6.07, 6.45) is 4.93. The van der Waals surface area contributed by atoms with Gasteiger partial charge in [-0.05, 0) is 37.8 Å². The number of amides is 1. The van der Waals surface area contributed by atoms with Gasteiger partial charge in [0.1, 0.15) is 0 Å². The minimum Gasteiger partial charge on any atom is -0.352 e. The lowest BCUT2D eigenvalue weighted by atomic mass is 10.0. The van der Waals surface area contributed by atoms with Crippen molar-refractivity contribution >= 4 is 5.91 Å². The molecular weight excluding hydrogens is 214 g/mol. The monoisotopic (exact) mass is 237 g/mol. The fraction of sp³-hybridized carbons (Fsp3) is 0.923. The number of carbonyl (C=O) groups excluding carboxylic acids is 1. The van der Waals surface area contributed by atoms with Crippen LogP contribution >= 0.6 is 0 Å². The Morgan fingerprint density at radius 3 is 2.47 bits per heavy atom. The van der Waals surface area contributed by atoms with Crippen LogP contribution in [-0.2, 0) is 4.79 Å². The Hall–Kier alpha value is -0.610. The third-order valence-electron chi connectivity index (χ3n) is 4.55. The van der Waals surface area contributed by atoms with Crippen LogP contribution in [-0.4, -0.2) is 49.6 Å². The minimum absolute atomic E-state index is 0.241. The van der Waals surface area contributed by atoms with Crippen LogP contribution in [0.5, 0.6) is 0 Å². The van der Waals surface area contributed by atoms with E-state index < -0.39 is 0 Å². The molecule has 0 bridgehead atoms. The molecule has 3 fully saturated rings. The number of fused-ring (bicyclic) bond motifs is 1. The van der Waals surface area contributed by atoms with Crippen LogP contribution < -0.4 is 10.6 Å². The number of rotatable bonds is 3. The molecule has 0 aromatic carbocycles. The third-order valence-corrected chi connectivity index (χ3v) is 4.55. The maximum Gasteiger partial charge on any atom is 0.234 e. The van der Waals surface area contributed by atoms with E-state index in [4.69, 9.17) is 0 Å². The summed E-state index contributed by atoms with van der Waals surface area (Å²) in [5.41, 5.74) is 0. The Kier molecular flexibility index (Phi) is 3.34. The number of nitrogens with zero attached hydrogens (tertiary/aromatic N) is 1. The van der Waals surface area contributed by atoms with Crippen LogP contribution in [0.25, 0.3) is 0 Å². The van der Waals surface area contributed by atoms with Crippen molar-refractivity contribution in [2.75, 3.05) is 32.7 Å². The summed E-state index contributed by atoms with van der Waals surface area (Å²) in [6.45, 7) is 5.12. The second-order valence-corrected chi connectivity index (χ2v) is 5.92. The number of carbonyl (C=O) groups is 1. The van der Waals surface area contributed by atoms with Gasteiger partial charge in [-0.2, -0.15) is 0 Å². The predicted molar refractivity (Wildman–Crippen MR) is 66.7 cm³/mol. The molecule has 96 valence electrons. The van der Waals surface area contributed by atoms with E-state index in [1.54, 1.807) is 0 Å². The number of hydrogen-bond acceptors (Lipinski definition) is 3. The molecule has 1 amide bonds. The normalized spacial score (nSPS) is 34.1. The first kappa shape index (κ1) is 11.5. The Morgan fingerprint density at radius 2 is 1.82 bits per heavy atom. The molecule has 0 aromatic rings. The van der Waals surface area contributed by atoms with Crippen molar-refractivity contribution in [3.63, 3.8) is 0 Å². The van der Waals surface area contributed by atoms with Crippen LogP contribution in [0.2, 0.25) is 0 Å². The van der Waals surface area contributed by atoms with Crippen molar-refractivity contribution in [3.05, 3.63) is 0 Å². The average molecular weight is 237 g/mol. The molecule has 2 N–H and O–H groups in total.